The van der Waals surface area contributed by atoms with Crippen LogP contribution < -0.4 is 16.2 Å². The number of amides is 2. The van der Waals surface area contributed by atoms with Gasteiger partial charge in [0.15, 0.2) is 0 Å². The lowest BCUT2D eigenvalue weighted by Gasteiger charge is -2.13. The summed E-state index contributed by atoms with van der Waals surface area (Å²) >= 11 is 0. The van der Waals surface area contributed by atoms with Crippen LogP contribution in [0.15, 0.2) is 71.8 Å². The van der Waals surface area contributed by atoms with E-state index in [1.165, 1.54) is 30.5 Å². The van der Waals surface area contributed by atoms with E-state index in [9.17, 15) is 22.8 Å². The summed E-state index contributed by atoms with van der Waals surface area (Å²) in [6.45, 7) is 0. The minimum atomic E-state index is -4.51. The second-order valence-corrected chi connectivity index (χ2v) is 6.91. The Morgan fingerprint density at radius 1 is 0.969 bits per heavy atom. The second kappa shape index (κ2) is 8.50. The van der Waals surface area contributed by atoms with Crippen LogP contribution >= 0.6 is 0 Å². The van der Waals surface area contributed by atoms with Crippen molar-refractivity contribution in [2.45, 2.75) is 12.6 Å². The summed E-state index contributed by atoms with van der Waals surface area (Å²) in [5.74, 6) is 0. The Labute approximate surface area is 179 Å². The van der Waals surface area contributed by atoms with Gasteiger partial charge in [-0.15, -0.1) is 0 Å². The normalized spacial score (nSPS) is 11.3. The Morgan fingerprint density at radius 3 is 2.50 bits per heavy atom. The van der Waals surface area contributed by atoms with Crippen LogP contribution in [-0.4, -0.2) is 21.2 Å². The monoisotopic (exact) mass is 439 g/mol. The first-order valence-corrected chi connectivity index (χ1v) is 9.46. The third kappa shape index (κ3) is 4.59. The first kappa shape index (κ1) is 21.0. The van der Waals surface area contributed by atoms with Gasteiger partial charge in [0.05, 0.1) is 28.5 Å². The molecule has 0 aliphatic carbocycles. The van der Waals surface area contributed by atoms with Crippen molar-refractivity contribution in [3.05, 3.63) is 94.2 Å². The number of urea groups is 1. The molecule has 10 heteroatoms. The summed E-state index contributed by atoms with van der Waals surface area (Å²) in [6.07, 6.45) is -1.59. The van der Waals surface area contributed by atoms with E-state index in [0.29, 0.717) is 16.8 Å². The van der Waals surface area contributed by atoms with E-state index >= 15 is 0 Å². The number of benzene rings is 2. The minimum absolute atomic E-state index is 0.0406. The molecule has 2 aromatic carbocycles. The average Bonchev–Trinajstić information content (AvgIpc) is 2.76. The van der Waals surface area contributed by atoms with Crippen LogP contribution in [0.4, 0.5) is 29.3 Å². The van der Waals surface area contributed by atoms with E-state index in [1.54, 1.807) is 30.5 Å². The van der Waals surface area contributed by atoms with Crippen molar-refractivity contribution in [3.63, 3.8) is 0 Å². The molecule has 0 unspecified atom stereocenters. The number of pyridine rings is 1. The summed E-state index contributed by atoms with van der Waals surface area (Å²) in [7, 11) is 0. The molecule has 0 saturated heterocycles. The van der Waals surface area contributed by atoms with Gasteiger partial charge in [0, 0.05) is 23.7 Å². The molecule has 0 saturated carbocycles. The number of carbonyl (C=O) groups is 1. The summed E-state index contributed by atoms with van der Waals surface area (Å²) in [5.41, 5.74) is -0.145. The molecule has 0 bridgehead atoms. The predicted octanol–water partition coefficient (Wildman–Crippen LogP) is 4.57. The SMILES string of the molecule is O=C(Nc1cccnc1)Nc1ccc2c(Cc3ccccc3C(F)(F)F)n[nH]c(=O)c2c1. The average molecular weight is 439 g/mol. The molecule has 0 aliphatic heterocycles. The number of anilines is 2. The molecule has 162 valence electrons. The molecule has 2 aromatic heterocycles. The highest BCUT2D eigenvalue weighted by Crippen LogP contribution is 2.33. The second-order valence-electron chi connectivity index (χ2n) is 6.91. The number of hydrogen-bond donors (Lipinski definition) is 3. The molecule has 0 fully saturated rings. The smallest absolute Gasteiger partial charge is 0.308 e. The number of aromatic nitrogens is 3. The number of fused-ring (bicyclic) bond motifs is 1. The van der Waals surface area contributed by atoms with Gasteiger partial charge in [-0.1, -0.05) is 24.3 Å². The third-order valence-corrected chi connectivity index (χ3v) is 4.73. The maximum absolute atomic E-state index is 13.3. The molecule has 0 atom stereocenters. The van der Waals surface area contributed by atoms with E-state index in [4.69, 9.17) is 0 Å². The van der Waals surface area contributed by atoms with Gasteiger partial charge >= 0.3 is 12.2 Å². The summed E-state index contributed by atoms with van der Waals surface area (Å²) in [5, 5.41) is 12.1. The number of rotatable bonds is 4. The molecule has 0 spiro atoms. The van der Waals surface area contributed by atoms with Gasteiger partial charge in [-0.2, -0.15) is 18.3 Å². The molecule has 4 rings (SSSR count). The lowest BCUT2D eigenvalue weighted by atomic mass is 9.99. The van der Waals surface area contributed by atoms with E-state index in [0.717, 1.165) is 6.07 Å². The molecular weight excluding hydrogens is 423 g/mol. The van der Waals surface area contributed by atoms with Crippen LogP contribution in [0, 0.1) is 0 Å². The predicted molar refractivity (Wildman–Crippen MR) is 113 cm³/mol. The Morgan fingerprint density at radius 2 is 1.75 bits per heavy atom. The Balaban J connectivity index is 1.63. The van der Waals surface area contributed by atoms with E-state index < -0.39 is 23.3 Å². The van der Waals surface area contributed by atoms with Crippen molar-refractivity contribution in [1.82, 2.24) is 15.2 Å². The molecule has 3 N–H and O–H groups in total. The van der Waals surface area contributed by atoms with Gasteiger partial charge in [0.25, 0.3) is 5.56 Å². The quantitative estimate of drug-likeness (QED) is 0.434. The Kier molecular flexibility index (Phi) is 5.59. The standard InChI is InChI=1S/C22H16F3N5O2/c23-22(24,25)18-6-2-1-4-13(18)10-19-16-8-7-14(11-17(16)20(31)30-29-19)27-21(32)28-15-5-3-9-26-12-15/h1-9,11-12H,10H2,(H,30,31)(H2,27,28,32). The fourth-order valence-electron chi connectivity index (χ4n) is 3.30. The zero-order chi connectivity index (χ0) is 22.7. The van der Waals surface area contributed by atoms with Crippen molar-refractivity contribution in [2.24, 2.45) is 0 Å². The number of carbonyl (C=O) groups excluding carboxylic acids is 1. The number of halogens is 3. The van der Waals surface area contributed by atoms with Crippen LogP contribution in [0.25, 0.3) is 10.8 Å². The van der Waals surface area contributed by atoms with Crippen LogP contribution in [0.3, 0.4) is 0 Å². The highest BCUT2D eigenvalue weighted by atomic mass is 19.4. The first-order valence-electron chi connectivity index (χ1n) is 9.46. The van der Waals surface area contributed by atoms with Crippen LogP contribution in [0.2, 0.25) is 0 Å². The zero-order valence-corrected chi connectivity index (χ0v) is 16.4. The van der Waals surface area contributed by atoms with Crippen molar-refractivity contribution >= 4 is 28.2 Å². The molecule has 32 heavy (non-hydrogen) atoms. The van der Waals surface area contributed by atoms with Gasteiger partial charge in [-0.3, -0.25) is 9.78 Å². The fourth-order valence-corrected chi connectivity index (χ4v) is 3.30. The maximum Gasteiger partial charge on any atom is 0.416 e. The number of aromatic amines is 1. The van der Waals surface area contributed by atoms with Gasteiger partial charge in [0.1, 0.15) is 0 Å². The van der Waals surface area contributed by atoms with Gasteiger partial charge < -0.3 is 10.6 Å². The lowest BCUT2D eigenvalue weighted by molar-refractivity contribution is -0.138. The summed E-state index contributed by atoms with van der Waals surface area (Å²) in [6, 6.07) is 12.5. The fraction of sp³-hybridized carbons (Fsp3) is 0.0909. The van der Waals surface area contributed by atoms with Crippen LogP contribution in [-0.2, 0) is 12.6 Å². The topological polar surface area (TPSA) is 99.8 Å². The van der Waals surface area contributed by atoms with E-state index in [1.807, 2.05) is 0 Å². The summed E-state index contributed by atoms with van der Waals surface area (Å²) in [4.78, 5) is 28.4. The lowest BCUT2D eigenvalue weighted by Crippen LogP contribution is -2.20. The number of nitrogens with zero attached hydrogens (tertiary/aromatic N) is 2. The van der Waals surface area contributed by atoms with Gasteiger partial charge in [0.2, 0.25) is 0 Å². The van der Waals surface area contributed by atoms with Crippen molar-refractivity contribution in [3.8, 4) is 0 Å². The Bertz CT molecular complexity index is 1340. The van der Waals surface area contributed by atoms with Crippen LogP contribution in [0.1, 0.15) is 16.8 Å². The van der Waals surface area contributed by atoms with Crippen LogP contribution in [0.5, 0.6) is 0 Å². The Hall–Kier alpha value is -4.21. The molecule has 4 aromatic rings. The first-order chi connectivity index (χ1) is 15.3. The van der Waals surface area contributed by atoms with E-state index in [2.05, 4.69) is 25.8 Å². The molecule has 2 heterocycles. The van der Waals surface area contributed by atoms with Gasteiger partial charge in [-0.05, 0) is 35.9 Å². The highest BCUT2D eigenvalue weighted by Gasteiger charge is 2.33. The summed E-state index contributed by atoms with van der Waals surface area (Å²) < 4.78 is 40.0. The molecule has 2 amide bonds. The molecular formula is C22H16F3N5O2. The highest BCUT2D eigenvalue weighted by molar-refractivity contribution is 6.01. The van der Waals surface area contributed by atoms with Gasteiger partial charge in [-0.25, -0.2) is 9.89 Å². The number of H-pyrrole nitrogens is 1. The minimum Gasteiger partial charge on any atom is -0.308 e. The maximum atomic E-state index is 13.3. The third-order valence-electron chi connectivity index (χ3n) is 4.73. The zero-order valence-electron chi connectivity index (χ0n) is 16.4. The van der Waals surface area contributed by atoms with Crippen molar-refractivity contribution in [2.75, 3.05) is 10.6 Å². The van der Waals surface area contributed by atoms with Crippen molar-refractivity contribution in [1.29, 1.82) is 0 Å². The number of alkyl halides is 3. The molecule has 0 aliphatic rings. The van der Waals surface area contributed by atoms with E-state index in [-0.39, 0.29) is 23.1 Å². The number of hydrogen-bond acceptors (Lipinski definition) is 4. The van der Waals surface area contributed by atoms with Crippen molar-refractivity contribution < 1.29 is 18.0 Å². The molecule has 0 radical (unpaired) electrons. The largest absolute Gasteiger partial charge is 0.416 e. The molecule has 7 nitrogen and oxygen atoms in total. The number of nitrogens with one attached hydrogen (secondary N) is 3.